The predicted octanol–water partition coefficient (Wildman–Crippen LogP) is 0.677. The van der Waals surface area contributed by atoms with E-state index in [1.807, 2.05) is 31.2 Å². The fraction of sp³-hybridized carbons (Fsp3) is 0.214. The average molecular weight is 245 g/mol. The number of carboxylic acids is 1. The number of carboxylic acid groups (broad SMARTS) is 1. The summed E-state index contributed by atoms with van der Waals surface area (Å²) in [6, 6.07) is 7.51. The maximum absolute atomic E-state index is 11.4. The molecule has 4 nitrogen and oxygen atoms in total. The van der Waals surface area contributed by atoms with Gasteiger partial charge in [0.2, 0.25) is 0 Å². The second-order valence-electron chi connectivity index (χ2n) is 3.97. The van der Waals surface area contributed by atoms with Crippen molar-refractivity contribution in [2.45, 2.75) is 19.8 Å². The summed E-state index contributed by atoms with van der Waals surface area (Å²) >= 11 is 0. The Morgan fingerprint density at radius 1 is 1.11 bits per heavy atom. The Kier molecular flexibility index (Phi) is 4.99. The van der Waals surface area contributed by atoms with Crippen LogP contribution in [0.2, 0.25) is 0 Å². The summed E-state index contributed by atoms with van der Waals surface area (Å²) in [5, 5.41) is 10.1. The molecule has 0 saturated heterocycles. The Labute approximate surface area is 105 Å². The summed E-state index contributed by atoms with van der Waals surface area (Å²) in [5.74, 6) is -2.52. The number of hydrogen-bond acceptors (Lipinski definition) is 4. The van der Waals surface area contributed by atoms with Crippen molar-refractivity contribution in [2.75, 3.05) is 0 Å². The summed E-state index contributed by atoms with van der Waals surface area (Å²) < 4.78 is 0. The van der Waals surface area contributed by atoms with Crippen molar-refractivity contribution < 1.29 is 19.5 Å². The number of allylic oxidation sites excluding steroid dienone is 1. The lowest BCUT2D eigenvalue weighted by atomic mass is 10.1. The van der Waals surface area contributed by atoms with E-state index < -0.39 is 30.4 Å². The van der Waals surface area contributed by atoms with Gasteiger partial charge in [0.15, 0.2) is 5.78 Å². The molecule has 18 heavy (non-hydrogen) atoms. The van der Waals surface area contributed by atoms with Gasteiger partial charge < -0.3 is 9.90 Å². The first-order valence-electron chi connectivity index (χ1n) is 5.46. The smallest absolute Gasteiger partial charge is 0.163 e. The molecule has 94 valence electrons. The van der Waals surface area contributed by atoms with Gasteiger partial charge in [0.25, 0.3) is 0 Å². The second-order valence-corrected chi connectivity index (χ2v) is 3.97. The molecule has 1 rings (SSSR count). The van der Waals surface area contributed by atoms with Gasteiger partial charge >= 0.3 is 0 Å². The highest BCUT2D eigenvalue weighted by atomic mass is 16.4. The van der Waals surface area contributed by atoms with E-state index in [0.29, 0.717) is 0 Å². The first kappa shape index (κ1) is 13.8. The van der Waals surface area contributed by atoms with Crippen molar-refractivity contribution in [1.82, 2.24) is 0 Å². The molecule has 0 amide bonds. The first-order chi connectivity index (χ1) is 8.47. The highest BCUT2D eigenvalue weighted by molar-refractivity contribution is 6.09. The van der Waals surface area contributed by atoms with Crippen molar-refractivity contribution in [2.24, 2.45) is 0 Å². The summed E-state index contributed by atoms with van der Waals surface area (Å²) in [7, 11) is 0. The normalized spacial score (nSPS) is 10.5. The van der Waals surface area contributed by atoms with Crippen molar-refractivity contribution in [3.8, 4) is 0 Å². The minimum Gasteiger partial charge on any atom is -0.550 e. The summed E-state index contributed by atoms with van der Waals surface area (Å²) in [4.78, 5) is 32.5. The van der Waals surface area contributed by atoms with E-state index >= 15 is 0 Å². The molecule has 1 aromatic rings. The number of hydrogen-bond donors (Lipinski definition) is 0. The van der Waals surface area contributed by atoms with Crippen molar-refractivity contribution in [1.29, 1.82) is 0 Å². The van der Waals surface area contributed by atoms with Gasteiger partial charge in [0.1, 0.15) is 5.78 Å². The standard InChI is InChI=1S/C14H14O4/c1-10-2-4-11(5-3-10)6-7-12(15)8-13(16)9-14(17)18/h2-7H,8-9H2,1H3,(H,17,18)/p-1/b7-6+. The Bertz CT molecular complexity index is 483. The van der Waals surface area contributed by atoms with E-state index in [1.165, 1.54) is 6.08 Å². The Hall–Kier alpha value is -2.23. The fourth-order valence-electron chi connectivity index (χ4n) is 1.34. The SMILES string of the molecule is Cc1ccc(/C=C/C(=O)CC(=O)CC(=O)[O-])cc1. The van der Waals surface area contributed by atoms with Gasteiger partial charge in [-0.05, 0) is 18.6 Å². The molecule has 0 heterocycles. The quantitative estimate of drug-likeness (QED) is 0.545. The maximum Gasteiger partial charge on any atom is 0.163 e. The van der Waals surface area contributed by atoms with Crippen molar-refractivity contribution in [3.63, 3.8) is 0 Å². The zero-order chi connectivity index (χ0) is 13.5. The van der Waals surface area contributed by atoms with E-state index in [4.69, 9.17) is 0 Å². The molecule has 0 unspecified atom stereocenters. The molecule has 0 saturated carbocycles. The highest BCUT2D eigenvalue weighted by Crippen LogP contribution is 2.05. The van der Waals surface area contributed by atoms with Gasteiger partial charge in [-0.1, -0.05) is 35.9 Å². The zero-order valence-corrected chi connectivity index (χ0v) is 10.0. The third-order valence-corrected chi connectivity index (χ3v) is 2.25. The zero-order valence-electron chi connectivity index (χ0n) is 10.0. The number of ketones is 2. The molecule has 0 atom stereocenters. The first-order valence-corrected chi connectivity index (χ1v) is 5.46. The highest BCUT2D eigenvalue weighted by Gasteiger charge is 2.06. The number of carbonyl (C=O) groups is 3. The van der Waals surface area contributed by atoms with Gasteiger partial charge in [0.05, 0.1) is 6.42 Å². The largest absolute Gasteiger partial charge is 0.550 e. The minimum absolute atomic E-state index is 0.406. The molecule has 0 N–H and O–H groups in total. The van der Waals surface area contributed by atoms with Gasteiger partial charge in [-0.2, -0.15) is 0 Å². The second kappa shape index (κ2) is 6.49. The van der Waals surface area contributed by atoms with Crippen LogP contribution in [0.1, 0.15) is 24.0 Å². The third-order valence-electron chi connectivity index (χ3n) is 2.25. The molecule has 1 aromatic carbocycles. The Balaban J connectivity index is 2.52. The van der Waals surface area contributed by atoms with Crippen molar-refractivity contribution >= 4 is 23.6 Å². The molecule has 0 radical (unpaired) electrons. The molecular weight excluding hydrogens is 232 g/mol. The van der Waals surface area contributed by atoms with E-state index in [-0.39, 0.29) is 0 Å². The number of aliphatic carboxylic acids is 1. The average Bonchev–Trinajstić information content (AvgIpc) is 2.27. The molecule has 0 bridgehead atoms. The van der Waals surface area contributed by atoms with Crippen LogP contribution in [-0.4, -0.2) is 17.5 Å². The van der Waals surface area contributed by atoms with Crippen LogP contribution in [0.25, 0.3) is 6.08 Å². The van der Waals surface area contributed by atoms with E-state index in [0.717, 1.165) is 11.1 Å². The lowest BCUT2D eigenvalue weighted by molar-refractivity contribution is -0.304. The summed E-state index contributed by atoms with van der Waals surface area (Å²) in [5.41, 5.74) is 1.96. The van der Waals surface area contributed by atoms with E-state index in [1.54, 1.807) is 6.08 Å². The molecule has 0 fully saturated rings. The Morgan fingerprint density at radius 2 is 1.72 bits per heavy atom. The van der Waals surface area contributed by atoms with Crippen LogP contribution in [0.3, 0.4) is 0 Å². The van der Waals surface area contributed by atoms with Crippen LogP contribution in [-0.2, 0) is 14.4 Å². The number of carbonyl (C=O) groups excluding carboxylic acids is 3. The summed E-state index contributed by atoms with van der Waals surface area (Å²) in [6.45, 7) is 1.96. The lowest BCUT2D eigenvalue weighted by Crippen LogP contribution is -2.25. The van der Waals surface area contributed by atoms with Gasteiger partial charge in [0, 0.05) is 12.4 Å². The fourth-order valence-corrected chi connectivity index (χ4v) is 1.34. The molecular formula is C14H13O4-. The van der Waals surface area contributed by atoms with E-state index in [2.05, 4.69) is 0 Å². The number of aryl methyl sites for hydroxylation is 1. The lowest BCUT2D eigenvalue weighted by Gasteiger charge is -1.99. The summed E-state index contributed by atoms with van der Waals surface area (Å²) in [6.07, 6.45) is 1.74. The Morgan fingerprint density at radius 3 is 2.28 bits per heavy atom. The third kappa shape index (κ3) is 5.21. The molecule has 0 aliphatic rings. The predicted molar refractivity (Wildman–Crippen MR) is 64.5 cm³/mol. The van der Waals surface area contributed by atoms with Gasteiger partial charge in [-0.3, -0.25) is 9.59 Å². The van der Waals surface area contributed by atoms with Gasteiger partial charge in [-0.25, -0.2) is 0 Å². The van der Waals surface area contributed by atoms with Crippen LogP contribution in [0, 0.1) is 6.92 Å². The number of benzene rings is 1. The van der Waals surface area contributed by atoms with Crippen LogP contribution >= 0.6 is 0 Å². The monoisotopic (exact) mass is 245 g/mol. The van der Waals surface area contributed by atoms with Crippen LogP contribution in [0.15, 0.2) is 30.3 Å². The van der Waals surface area contributed by atoms with Crippen LogP contribution in [0.5, 0.6) is 0 Å². The number of rotatable bonds is 6. The van der Waals surface area contributed by atoms with Crippen LogP contribution < -0.4 is 5.11 Å². The number of Topliss-reactive ketones (excluding diaryl/α,β-unsaturated/α-hetero) is 1. The van der Waals surface area contributed by atoms with Crippen molar-refractivity contribution in [3.05, 3.63) is 41.5 Å². The minimum atomic E-state index is -1.46. The van der Waals surface area contributed by atoms with Crippen LogP contribution in [0.4, 0.5) is 0 Å². The topological polar surface area (TPSA) is 74.3 Å². The molecule has 0 spiro atoms. The molecule has 4 heteroatoms. The van der Waals surface area contributed by atoms with Gasteiger partial charge in [-0.15, -0.1) is 0 Å². The van der Waals surface area contributed by atoms with E-state index in [9.17, 15) is 19.5 Å². The molecule has 0 aliphatic heterocycles. The maximum atomic E-state index is 11.4. The molecule has 0 aliphatic carbocycles. The molecule has 0 aromatic heterocycles.